The maximum atomic E-state index is 7.22. The summed E-state index contributed by atoms with van der Waals surface area (Å²) in [6, 6.07) is 15.5. The van der Waals surface area contributed by atoms with Crippen molar-refractivity contribution >= 4 is 28.8 Å². The van der Waals surface area contributed by atoms with Gasteiger partial charge >= 0.3 is 0 Å². The molecule has 3 aromatic rings. The summed E-state index contributed by atoms with van der Waals surface area (Å²) in [5.74, 6) is 1.64. The van der Waals surface area contributed by atoms with E-state index in [1.807, 2.05) is 6.07 Å². The number of rotatable bonds is 8. The molecule has 7 heteroatoms. The quantitative estimate of drug-likeness (QED) is 0.209. The van der Waals surface area contributed by atoms with Crippen LogP contribution in [0, 0.1) is 6.57 Å². The maximum absolute atomic E-state index is 7.22. The molecule has 158 valence electrons. The summed E-state index contributed by atoms with van der Waals surface area (Å²) in [5, 5.41) is 3.71. The van der Waals surface area contributed by atoms with E-state index in [9.17, 15) is 0 Å². The highest BCUT2D eigenvalue weighted by Crippen LogP contribution is 2.40. The lowest BCUT2D eigenvalue weighted by atomic mass is 9.97. The van der Waals surface area contributed by atoms with Gasteiger partial charge in [0.05, 0.1) is 18.9 Å². The second-order valence-electron chi connectivity index (χ2n) is 7.53. The molecule has 1 aliphatic rings. The lowest BCUT2D eigenvalue weighted by Crippen LogP contribution is -2.10. The molecule has 0 bridgehead atoms. The number of anilines is 2. The average molecular weight is 434 g/mol. The normalized spacial score (nSPS) is 14.6. The van der Waals surface area contributed by atoms with E-state index in [-0.39, 0.29) is 11.2 Å². The molecule has 1 atom stereocenters. The predicted octanol–water partition coefficient (Wildman–Crippen LogP) is 5.61. The molecule has 0 amide bonds. The van der Waals surface area contributed by atoms with E-state index in [1.165, 1.54) is 5.56 Å². The van der Waals surface area contributed by atoms with E-state index >= 15 is 0 Å². The molecule has 1 aromatic heterocycles. The van der Waals surface area contributed by atoms with Crippen molar-refractivity contribution in [3.8, 4) is 5.75 Å². The number of halogens is 1. The van der Waals surface area contributed by atoms with Crippen molar-refractivity contribution in [2.75, 3.05) is 24.2 Å². The minimum Gasteiger partial charge on any atom is -0.505 e. The van der Waals surface area contributed by atoms with Crippen LogP contribution >= 0.6 is 11.6 Å². The number of ether oxygens (including phenoxy) is 1. The summed E-state index contributed by atoms with van der Waals surface area (Å²) in [4.78, 5) is 12.4. The molecule has 1 unspecified atom stereocenters. The zero-order valence-electron chi connectivity index (χ0n) is 17.1. The minimum atomic E-state index is 0.264. The molecule has 2 aromatic carbocycles. The first kappa shape index (κ1) is 21.0. The van der Waals surface area contributed by atoms with Gasteiger partial charge in [-0.25, -0.2) is 14.8 Å². The summed E-state index contributed by atoms with van der Waals surface area (Å²) in [7, 11) is 0. The highest BCUT2D eigenvalue weighted by atomic mass is 35.5. The Balaban J connectivity index is 1.32. The number of unbranched alkanes of at least 4 members (excludes halogenated alkanes) is 1. The average Bonchev–Trinajstić information content (AvgIpc) is 3.20. The molecular weight excluding hydrogens is 410 g/mol. The second-order valence-corrected chi connectivity index (χ2v) is 7.87. The van der Waals surface area contributed by atoms with Gasteiger partial charge in [0.15, 0.2) is 0 Å². The van der Waals surface area contributed by atoms with Crippen molar-refractivity contribution in [3.63, 3.8) is 0 Å². The van der Waals surface area contributed by atoms with Gasteiger partial charge in [-0.05, 0) is 55.0 Å². The van der Waals surface area contributed by atoms with E-state index in [4.69, 9.17) is 28.6 Å². The third-order valence-corrected chi connectivity index (χ3v) is 5.62. The standard InChI is InChI=1S/C24H24ClN5O/c1-27-20-12-9-17(26)15-21(20)31-14-6-5-13-28-23-19-11-10-18(16-7-3-2-4-8-16)22(19)29-24(25)30-23/h2-4,7-9,12,15,18H,5-6,10-11,13-14,26H2,(H,28,29,30). The Bertz CT molecular complexity index is 1100. The van der Waals surface area contributed by atoms with Crippen LogP contribution in [-0.2, 0) is 6.42 Å². The highest BCUT2D eigenvalue weighted by molar-refractivity contribution is 6.28. The zero-order valence-corrected chi connectivity index (χ0v) is 17.9. The molecule has 1 aliphatic carbocycles. The Hall–Kier alpha value is -3.30. The number of benzene rings is 2. The fourth-order valence-corrected chi connectivity index (χ4v) is 4.12. The first-order valence-electron chi connectivity index (χ1n) is 10.4. The van der Waals surface area contributed by atoms with Crippen molar-refractivity contribution in [2.45, 2.75) is 31.6 Å². The van der Waals surface area contributed by atoms with Crippen LogP contribution in [0.5, 0.6) is 5.75 Å². The number of fused-ring (bicyclic) bond motifs is 1. The van der Waals surface area contributed by atoms with E-state index in [1.54, 1.807) is 18.2 Å². The number of nitrogens with one attached hydrogen (secondary N) is 1. The maximum Gasteiger partial charge on any atom is 0.228 e. The van der Waals surface area contributed by atoms with Crippen molar-refractivity contribution < 1.29 is 4.74 Å². The molecule has 6 nitrogen and oxygen atoms in total. The molecule has 0 aliphatic heterocycles. The topological polar surface area (TPSA) is 77.4 Å². The van der Waals surface area contributed by atoms with Crippen molar-refractivity contribution in [2.24, 2.45) is 0 Å². The summed E-state index contributed by atoms with van der Waals surface area (Å²) in [6.07, 6.45) is 3.69. The lowest BCUT2D eigenvalue weighted by molar-refractivity contribution is 0.310. The largest absolute Gasteiger partial charge is 0.505 e. The minimum absolute atomic E-state index is 0.264. The van der Waals surface area contributed by atoms with E-state index in [0.29, 0.717) is 23.7 Å². The predicted molar refractivity (Wildman–Crippen MR) is 124 cm³/mol. The van der Waals surface area contributed by atoms with Gasteiger partial charge in [0.1, 0.15) is 11.6 Å². The molecule has 0 radical (unpaired) electrons. The lowest BCUT2D eigenvalue weighted by Gasteiger charge is -2.14. The van der Waals surface area contributed by atoms with Crippen LogP contribution in [0.25, 0.3) is 4.85 Å². The summed E-state index contributed by atoms with van der Waals surface area (Å²) in [6.45, 7) is 8.49. The van der Waals surface area contributed by atoms with Gasteiger partial charge in [0, 0.05) is 23.7 Å². The Kier molecular flexibility index (Phi) is 6.54. The van der Waals surface area contributed by atoms with Crippen molar-refractivity contribution in [1.82, 2.24) is 9.97 Å². The summed E-state index contributed by atoms with van der Waals surface area (Å²) < 4.78 is 5.75. The van der Waals surface area contributed by atoms with Crippen molar-refractivity contribution in [1.29, 1.82) is 0 Å². The Labute approximate surface area is 187 Å². The number of hydrogen-bond acceptors (Lipinski definition) is 5. The van der Waals surface area contributed by atoms with Gasteiger partial charge in [-0.1, -0.05) is 36.4 Å². The fraction of sp³-hybridized carbons (Fsp3) is 0.292. The molecule has 31 heavy (non-hydrogen) atoms. The molecule has 4 rings (SSSR count). The van der Waals surface area contributed by atoms with Crippen molar-refractivity contribution in [3.05, 3.63) is 82.1 Å². The number of aromatic nitrogens is 2. The Morgan fingerprint density at radius 2 is 2.00 bits per heavy atom. The van der Waals surface area contributed by atoms with Crippen LogP contribution in [0.3, 0.4) is 0 Å². The molecule has 0 saturated carbocycles. The third-order valence-electron chi connectivity index (χ3n) is 5.45. The van der Waals surface area contributed by atoms with Gasteiger partial charge in [0.2, 0.25) is 11.0 Å². The van der Waals surface area contributed by atoms with Gasteiger partial charge in [-0.3, -0.25) is 0 Å². The van der Waals surface area contributed by atoms with Gasteiger partial charge < -0.3 is 15.8 Å². The molecule has 3 N–H and O–H groups in total. The van der Waals surface area contributed by atoms with Gasteiger partial charge in [-0.15, -0.1) is 0 Å². The Morgan fingerprint density at radius 1 is 1.16 bits per heavy atom. The monoisotopic (exact) mass is 433 g/mol. The number of nitrogens with zero attached hydrogens (tertiary/aromatic N) is 3. The molecular formula is C24H24ClN5O. The first-order chi connectivity index (χ1) is 15.2. The molecule has 0 saturated heterocycles. The summed E-state index contributed by atoms with van der Waals surface area (Å²) >= 11 is 6.24. The number of nitrogens with two attached hydrogens (primary N) is 1. The molecule has 1 heterocycles. The smallest absolute Gasteiger partial charge is 0.228 e. The molecule has 0 fully saturated rings. The summed E-state index contributed by atoms with van der Waals surface area (Å²) in [5.41, 5.74) is 10.3. The van der Waals surface area contributed by atoms with Crippen LogP contribution in [0.1, 0.15) is 42.0 Å². The second kappa shape index (κ2) is 9.67. The highest BCUT2D eigenvalue weighted by Gasteiger charge is 2.29. The van der Waals surface area contributed by atoms with E-state index < -0.39 is 0 Å². The van der Waals surface area contributed by atoms with Crippen LogP contribution in [0.4, 0.5) is 17.2 Å². The van der Waals surface area contributed by atoms with Crippen LogP contribution < -0.4 is 15.8 Å². The van der Waals surface area contributed by atoms with Crippen LogP contribution in [0.2, 0.25) is 5.28 Å². The number of hydrogen-bond donors (Lipinski definition) is 2. The van der Waals surface area contributed by atoms with Gasteiger partial charge in [-0.2, -0.15) is 0 Å². The number of nitrogen functional groups attached to an aromatic ring is 1. The van der Waals surface area contributed by atoms with E-state index in [0.717, 1.165) is 49.3 Å². The van der Waals surface area contributed by atoms with Crippen LogP contribution in [-0.4, -0.2) is 23.1 Å². The van der Waals surface area contributed by atoms with E-state index in [2.05, 4.69) is 44.4 Å². The third kappa shape index (κ3) is 4.89. The van der Waals surface area contributed by atoms with Crippen LogP contribution in [0.15, 0.2) is 48.5 Å². The molecule has 0 spiro atoms. The Morgan fingerprint density at radius 3 is 2.81 bits per heavy atom. The van der Waals surface area contributed by atoms with Gasteiger partial charge in [0.25, 0.3) is 0 Å². The SMILES string of the molecule is [C-]#[N+]c1ccc(N)cc1OCCCCNc1nc(Cl)nc2c1CCC2c1ccccc1. The first-order valence-corrected chi connectivity index (χ1v) is 10.8. The zero-order chi connectivity index (χ0) is 21.6. The fourth-order valence-electron chi connectivity index (χ4n) is 3.94.